The van der Waals surface area contributed by atoms with Gasteiger partial charge < -0.3 is 14.8 Å². The van der Waals surface area contributed by atoms with Gasteiger partial charge in [0.05, 0.1) is 12.8 Å². The number of hydrogen-bond acceptors (Lipinski definition) is 5. The third kappa shape index (κ3) is 5.22. The van der Waals surface area contributed by atoms with Gasteiger partial charge >= 0.3 is 6.01 Å². The molecule has 0 radical (unpaired) electrons. The molecule has 7 heteroatoms. The second kappa shape index (κ2) is 8.87. The van der Waals surface area contributed by atoms with Crippen molar-refractivity contribution in [2.24, 2.45) is 0 Å². The maximum atomic E-state index is 13.8. The molecule has 0 fully saturated rings. The molecule has 0 aliphatic rings. The van der Waals surface area contributed by atoms with Crippen molar-refractivity contribution in [3.63, 3.8) is 0 Å². The molecule has 1 heterocycles. The van der Waals surface area contributed by atoms with Gasteiger partial charge in [-0.25, -0.2) is 13.8 Å². The maximum Gasteiger partial charge on any atom is 0.318 e. The standard InChI is InChI=1S/C19H17F2N3O2/c20-16-8-4-7-15(9-16)12-26-19-22-10-17(21)18(24-19)23-13-25-11-14-5-2-1-3-6-14/h1-10H,11-13H2,(H,22,23,24). The third-order valence-electron chi connectivity index (χ3n) is 3.43. The molecule has 0 aliphatic carbocycles. The Morgan fingerprint density at radius 3 is 2.54 bits per heavy atom. The molecule has 26 heavy (non-hydrogen) atoms. The average Bonchev–Trinajstić information content (AvgIpc) is 2.66. The maximum absolute atomic E-state index is 13.8. The van der Waals surface area contributed by atoms with Crippen LogP contribution in [0.4, 0.5) is 14.6 Å². The van der Waals surface area contributed by atoms with Gasteiger partial charge in [0.15, 0.2) is 11.6 Å². The van der Waals surface area contributed by atoms with Crippen LogP contribution in [-0.2, 0) is 18.0 Å². The van der Waals surface area contributed by atoms with E-state index in [1.54, 1.807) is 12.1 Å². The predicted molar refractivity (Wildman–Crippen MR) is 92.4 cm³/mol. The Balaban J connectivity index is 1.52. The fraction of sp³-hybridized carbons (Fsp3) is 0.158. The van der Waals surface area contributed by atoms with Gasteiger partial charge in [-0.15, -0.1) is 0 Å². The fourth-order valence-corrected chi connectivity index (χ4v) is 2.18. The van der Waals surface area contributed by atoms with Gasteiger partial charge in [0, 0.05) is 0 Å². The Labute approximate surface area is 149 Å². The van der Waals surface area contributed by atoms with Crippen LogP contribution >= 0.6 is 0 Å². The van der Waals surface area contributed by atoms with Crippen molar-refractivity contribution in [1.82, 2.24) is 9.97 Å². The summed E-state index contributed by atoms with van der Waals surface area (Å²) >= 11 is 0. The van der Waals surface area contributed by atoms with Gasteiger partial charge in [-0.2, -0.15) is 4.98 Å². The summed E-state index contributed by atoms with van der Waals surface area (Å²) in [6, 6.07) is 15.6. The summed E-state index contributed by atoms with van der Waals surface area (Å²) in [5, 5.41) is 2.74. The van der Waals surface area contributed by atoms with Crippen molar-refractivity contribution in [3.05, 3.63) is 83.6 Å². The molecule has 0 atom stereocenters. The van der Waals surface area contributed by atoms with Crippen LogP contribution in [0.1, 0.15) is 11.1 Å². The van der Waals surface area contributed by atoms with E-state index in [0.717, 1.165) is 11.8 Å². The molecule has 0 amide bonds. The molecule has 1 N–H and O–H groups in total. The second-order valence-electron chi connectivity index (χ2n) is 5.42. The van der Waals surface area contributed by atoms with Crippen LogP contribution in [0.5, 0.6) is 6.01 Å². The van der Waals surface area contributed by atoms with E-state index in [9.17, 15) is 8.78 Å². The minimum atomic E-state index is -0.619. The number of hydrogen-bond donors (Lipinski definition) is 1. The van der Waals surface area contributed by atoms with Crippen molar-refractivity contribution in [2.75, 3.05) is 12.0 Å². The first-order chi connectivity index (χ1) is 12.7. The van der Waals surface area contributed by atoms with Crippen LogP contribution in [0.25, 0.3) is 0 Å². The normalized spacial score (nSPS) is 10.5. The number of aromatic nitrogens is 2. The van der Waals surface area contributed by atoms with Gasteiger partial charge in [0.1, 0.15) is 19.2 Å². The van der Waals surface area contributed by atoms with Gasteiger partial charge in [0.2, 0.25) is 0 Å². The van der Waals surface area contributed by atoms with Crippen molar-refractivity contribution in [3.8, 4) is 6.01 Å². The lowest BCUT2D eigenvalue weighted by Crippen LogP contribution is -2.10. The van der Waals surface area contributed by atoms with Crippen LogP contribution in [0, 0.1) is 11.6 Å². The van der Waals surface area contributed by atoms with Crippen LogP contribution in [0.2, 0.25) is 0 Å². The molecule has 0 saturated heterocycles. The summed E-state index contributed by atoms with van der Waals surface area (Å²) in [7, 11) is 0. The molecule has 0 aliphatic heterocycles. The molecular formula is C19H17F2N3O2. The van der Waals surface area contributed by atoms with Crippen molar-refractivity contribution >= 4 is 5.82 Å². The van der Waals surface area contributed by atoms with Gasteiger partial charge in [-0.3, -0.25) is 0 Å². The fourth-order valence-electron chi connectivity index (χ4n) is 2.18. The zero-order valence-corrected chi connectivity index (χ0v) is 13.9. The van der Waals surface area contributed by atoms with Crippen LogP contribution in [0.3, 0.4) is 0 Å². The number of nitrogens with one attached hydrogen (secondary N) is 1. The molecule has 134 valence electrons. The Kier molecular flexibility index (Phi) is 6.05. The highest BCUT2D eigenvalue weighted by atomic mass is 19.1. The molecule has 0 bridgehead atoms. The summed E-state index contributed by atoms with van der Waals surface area (Å²) in [5.41, 5.74) is 1.63. The molecular weight excluding hydrogens is 340 g/mol. The van der Waals surface area contributed by atoms with E-state index >= 15 is 0 Å². The Bertz CT molecular complexity index is 847. The lowest BCUT2D eigenvalue weighted by molar-refractivity contribution is 0.138. The van der Waals surface area contributed by atoms with Gasteiger partial charge in [-0.05, 0) is 23.3 Å². The van der Waals surface area contributed by atoms with Crippen molar-refractivity contribution < 1.29 is 18.3 Å². The zero-order valence-electron chi connectivity index (χ0n) is 13.9. The van der Waals surface area contributed by atoms with E-state index in [4.69, 9.17) is 9.47 Å². The van der Waals surface area contributed by atoms with Gasteiger partial charge in [0.25, 0.3) is 0 Å². The first-order valence-corrected chi connectivity index (χ1v) is 7.96. The molecule has 1 aromatic heterocycles. The molecule has 0 spiro atoms. The summed E-state index contributed by atoms with van der Waals surface area (Å²) < 4.78 is 37.8. The van der Waals surface area contributed by atoms with Crippen LogP contribution < -0.4 is 10.1 Å². The lowest BCUT2D eigenvalue weighted by atomic mass is 10.2. The number of halogens is 2. The Morgan fingerprint density at radius 1 is 0.923 bits per heavy atom. The molecule has 0 saturated carbocycles. The first-order valence-electron chi connectivity index (χ1n) is 7.96. The highest BCUT2D eigenvalue weighted by Gasteiger charge is 2.08. The predicted octanol–water partition coefficient (Wildman–Crippen LogP) is 3.92. The average molecular weight is 357 g/mol. The monoisotopic (exact) mass is 357 g/mol. The van der Waals surface area contributed by atoms with E-state index in [1.807, 2.05) is 30.3 Å². The molecule has 5 nitrogen and oxygen atoms in total. The van der Waals surface area contributed by atoms with E-state index < -0.39 is 5.82 Å². The quantitative estimate of drug-likeness (QED) is 0.489. The summed E-state index contributed by atoms with van der Waals surface area (Å²) in [4.78, 5) is 7.73. The number of ether oxygens (including phenoxy) is 2. The minimum Gasteiger partial charge on any atom is -0.459 e. The van der Waals surface area contributed by atoms with Crippen LogP contribution in [0.15, 0.2) is 60.8 Å². The Hall–Kier alpha value is -3.06. The van der Waals surface area contributed by atoms with E-state index in [-0.39, 0.29) is 31.0 Å². The SMILES string of the molecule is Fc1cccc(COc2ncc(F)c(NCOCc3ccccc3)n2)c1. The highest BCUT2D eigenvalue weighted by molar-refractivity contribution is 5.35. The molecule has 0 unspecified atom stereocenters. The lowest BCUT2D eigenvalue weighted by Gasteiger charge is -2.10. The number of anilines is 1. The van der Waals surface area contributed by atoms with E-state index in [2.05, 4.69) is 15.3 Å². The summed E-state index contributed by atoms with van der Waals surface area (Å²) in [5.74, 6) is -1.00. The van der Waals surface area contributed by atoms with E-state index in [0.29, 0.717) is 12.2 Å². The number of nitrogens with zero attached hydrogens (tertiary/aromatic N) is 2. The minimum absolute atomic E-state index is 0.0128. The number of benzene rings is 2. The largest absolute Gasteiger partial charge is 0.459 e. The highest BCUT2D eigenvalue weighted by Crippen LogP contribution is 2.15. The summed E-state index contributed by atoms with van der Waals surface area (Å²) in [6.07, 6.45) is 1.01. The molecule has 3 aromatic rings. The summed E-state index contributed by atoms with van der Waals surface area (Å²) in [6.45, 7) is 0.545. The van der Waals surface area contributed by atoms with Gasteiger partial charge in [-0.1, -0.05) is 42.5 Å². The van der Waals surface area contributed by atoms with Crippen molar-refractivity contribution in [2.45, 2.75) is 13.2 Å². The van der Waals surface area contributed by atoms with E-state index in [1.165, 1.54) is 12.1 Å². The molecule has 2 aromatic carbocycles. The van der Waals surface area contributed by atoms with Crippen molar-refractivity contribution in [1.29, 1.82) is 0 Å². The topological polar surface area (TPSA) is 56.3 Å². The Morgan fingerprint density at radius 2 is 1.73 bits per heavy atom. The second-order valence-corrected chi connectivity index (χ2v) is 5.42. The first kappa shape index (κ1) is 17.8. The number of rotatable bonds is 8. The smallest absolute Gasteiger partial charge is 0.318 e. The van der Waals surface area contributed by atoms with Crippen LogP contribution in [-0.4, -0.2) is 16.7 Å². The third-order valence-corrected chi connectivity index (χ3v) is 3.43. The zero-order chi connectivity index (χ0) is 18.2. The molecule has 3 rings (SSSR count).